The largest absolute Gasteiger partial charge is 0.478 e. The predicted molar refractivity (Wildman–Crippen MR) is 102 cm³/mol. The number of hydrogen-bond acceptors (Lipinski definition) is 4. The standard InChI is InChI=1S/C21H20F2N2O4/c1-2-17(12-3-5-13(6-4-12)21(27)28)24-19(26)16-11-18(23)25-20(16)29-15-9-7-14(22)8-10-15/h3-11,17-18,20,25H,2H2,1H3,(H,24,26)(H,27,28). The van der Waals surface area contributed by atoms with Crippen LogP contribution < -0.4 is 15.4 Å². The summed E-state index contributed by atoms with van der Waals surface area (Å²) in [6, 6.07) is 11.0. The van der Waals surface area contributed by atoms with Crippen molar-refractivity contribution < 1.29 is 28.2 Å². The van der Waals surface area contributed by atoms with Gasteiger partial charge in [-0.2, -0.15) is 0 Å². The number of carboxylic acid groups (broad SMARTS) is 1. The van der Waals surface area contributed by atoms with E-state index in [0.717, 1.165) is 11.6 Å². The molecule has 3 rings (SSSR count). The van der Waals surface area contributed by atoms with Crippen molar-refractivity contribution >= 4 is 11.9 Å². The molecule has 3 atom stereocenters. The Hall–Kier alpha value is -3.26. The molecule has 0 radical (unpaired) electrons. The van der Waals surface area contributed by atoms with E-state index in [9.17, 15) is 18.4 Å². The molecule has 29 heavy (non-hydrogen) atoms. The summed E-state index contributed by atoms with van der Waals surface area (Å²) in [5.41, 5.74) is 0.943. The van der Waals surface area contributed by atoms with E-state index in [1.165, 1.54) is 36.4 Å². The summed E-state index contributed by atoms with van der Waals surface area (Å²) in [5, 5.41) is 14.3. The summed E-state index contributed by atoms with van der Waals surface area (Å²) in [7, 11) is 0. The number of carboxylic acids is 1. The lowest BCUT2D eigenvalue weighted by molar-refractivity contribution is -0.119. The van der Waals surface area contributed by atoms with Crippen molar-refractivity contribution in [2.24, 2.45) is 0 Å². The zero-order chi connectivity index (χ0) is 21.0. The summed E-state index contributed by atoms with van der Waals surface area (Å²) >= 11 is 0. The van der Waals surface area contributed by atoms with E-state index in [-0.39, 0.29) is 16.9 Å². The summed E-state index contributed by atoms with van der Waals surface area (Å²) in [6.45, 7) is 1.86. The minimum absolute atomic E-state index is 0.0717. The number of nitrogens with one attached hydrogen (secondary N) is 2. The van der Waals surface area contributed by atoms with Crippen LogP contribution in [0.2, 0.25) is 0 Å². The Labute approximate surface area is 166 Å². The molecular weight excluding hydrogens is 382 g/mol. The van der Waals surface area contributed by atoms with Crippen LogP contribution in [0.4, 0.5) is 8.78 Å². The van der Waals surface area contributed by atoms with Gasteiger partial charge < -0.3 is 15.2 Å². The molecule has 1 heterocycles. The third-order valence-electron chi connectivity index (χ3n) is 4.52. The van der Waals surface area contributed by atoms with E-state index >= 15 is 0 Å². The second-order valence-corrected chi connectivity index (χ2v) is 6.50. The maximum Gasteiger partial charge on any atom is 0.335 e. The average molecular weight is 402 g/mol. The molecule has 0 bridgehead atoms. The van der Waals surface area contributed by atoms with Crippen LogP contribution in [-0.2, 0) is 4.79 Å². The highest BCUT2D eigenvalue weighted by atomic mass is 19.1. The molecule has 3 N–H and O–H groups in total. The minimum Gasteiger partial charge on any atom is -0.478 e. The van der Waals surface area contributed by atoms with Crippen LogP contribution in [0.1, 0.15) is 35.3 Å². The zero-order valence-electron chi connectivity index (χ0n) is 15.6. The van der Waals surface area contributed by atoms with Gasteiger partial charge in [-0.25, -0.2) is 18.9 Å². The van der Waals surface area contributed by atoms with Gasteiger partial charge in [-0.1, -0.05) is 19.1 Å². The average Bonchev–Trinajstić information content (AvgIpc) is 3.08. The highest BCUT2D eigenvalue weighted by Gasteiger charge is 2.32. The second-order valence-electron chi connectivity index (χ2n) is 6.50. The Morgan fingerprint density at radius 1 is 1.17 bits per heavy atom. The molecule has 0 saturated heterocycles. The first-order chi connectivity index (χ1) is 13.9. The molecule has 2 aromatic rings. The van der Waals surface area contributed by atoms with Crippen molar-refractivity contribution in [2.75, 3.05) is 0 Å². The molecule has 3 unspecified atom stereocenters. The minimum atomic E-state index is -1.56. The first-order valence-electron chi connectivity index (χ1n) is 9.05. The molecule has 0 fully saturated rings. The Morgan fingerprint density at radius 3 is 2.41 bits per heavy atom. The Morgan fingerprint density at radius 2 is 1.83 bits per heavy atom. The number of carbonyl (C=O) groups is 2. The topological polar surface area (TPSA) is 87.7 Å². The molecule has 1 amide bonds. The molecule has 8 heteroatoms. The summed E-state index contributed by atoms with van der Waals surface area (Å²) in [6.07, 6.45) is -0.913. The van der Waals surface area contributed by atoms with Crippen molar-refractivity contribution in [3.05, 3.63) is 77.1 Å². The lowest BCUT2D eigenvalue weighted by atomic mass is 10.0. The number of hydrogen-bond donors (Lipinski definition) is 3. The van der Waals surface area contributed by atoms with Gasteiger partial charge in [0, 0.05) is 0 Å². The number of ether oxygens (including phenoxy) is 1. The van der Waals surface area contributed by atoms with Crippen LogP contribution in [0.15, 0.2) is 60.2 Å². The third kappa shape index (κ3) is 4.97. The molecule has 0 spiro atoms. The number of benzene rings is 2. The molecule has 0 aromatic heterocycles. The van der Waals surface area contributed by atoms with E-state index in [4.69, 9.17) is 9.84 Å². The highest BCUT2D eigenvalue weighted by Crippen LogP contribution is 2.23. The number of aromatic carboxylic acids is 1. The van der Waals surface area contributed by atoms with Gasteiger partial charge in [-0.15, -0.1) is 0 Å². The Kier molecular flexibility index (Phi) is 6.23. The van der Waals surface area contributed by atoms with Crippen molar-refractivity contribution in [1.82, 2.24) is 10.6 Å². The maximum absolute atomic E-state index is 13.9. The van der Waals surface area contributed by atoms with Crippen LogP contribution in [0.25, 0.3) is 0 Å². The van der Waals surface area contributed by atoms with Gasteiger partial charge in [0.2, 0.25) is 0 Å². The number of alkyl halides is 1. The fourth-order valence-corrected chi connectivity index (χ4v) is 2.99. The molecular formula is C21H20F2N2O4. The first-order valence-corrected chi connectivity index (χ1v) is 9.05. The van der Waals surface area contributed by atoms with Gasteiger partial charge in [-0.05, 0) is 54.5 Å². The van der Waals surface area contributed by atoms with Crippen LogP contribution in [-0.4, -0.2) is 29.5 Å². The smallest absolute Gasteiger partial charge is 0.335 e. The zero-order valence-corrected chi connectivity index (χ0v) is 15.6. The second kappa shape index (κ2) is 8.83. The summed E-state index contributed by atoms with van der Waals surface area (Å²) in [5.74, 6) is -1.70. The van der Waals surface area contributed by atoms with E-state index in [1.807, 2.05) is 6.92 Å². The highest BCUT2D eigenvalue weighted by molar-refractivity contribution is 5.95. The Balaban J connectivity index is 1.71. The van der Waals surface area contributed by atoms with Crippen molar-refractivity contribution in [2.45, 2.75) is 31.9 Å². The van der Waals surface area contributed by atoms with E-state index in [0.29, 0.717) is 6.42 Å². The fourth-order valence-electron chi connectivity index (χ4n) is 2.99. The number of carbonyl (C=O) groups excluding carboxylic acids is 1. The van der Waals surface area contributed by atoms with Gasteiger partial charge in [-0.3, -0.25) is 4.79 Å². The van der Waals surface area contributed by atoms with Gasteiger partial charge in [0.1, 0.15) is 11.6 Å². The maximum atomic E-state index is 13.9. The quantitative estimate of drug-likeness (QED) is 0.619. The van der Waals surface area contributed by atoms with Gasteiger partial charge in [0.05, 0.1) is 17.2 Å². The molecule has 152 valence electrons. The van der Waals surface area contributed by atoms with Crippen LogP contribution in [0, 0.1) is 5.82 Å². The molecule has 0 saturated carbocycles. The van der Waals surface area contributed by atoms with Crippen molar-refractivity contribution in [3.63, 3.8) is 0 Å². The predicted octanol–water partition coefficient (Wildman–Crippen LogP) is 3.32. The van der Waals surface area contributed by atoms with Crippen molar-refractivity contribution in [1.29, 1.82) is 0 Å². The summed E-state index contributed by atoms with van der Waals surface area (Å²) < 4.78 is 32.5. The van der Waals surface area contributed by atoms with Crippen LogP contribution in [0.3, 0.4) is 0 Å². The lowest BCUT2D eigenvalue weighted by Crippen LogP contribution is -2.40. The summed E-state index contributed by atoms with van der Waals surface area (Å²) in [4.78, 5) is 23.7. The molecule has 1 aliphatic heterocycles. The van der Waals surface area contributed by atoms with E-state index < -0.39 is 36.3 Å². The van der Waals surface area contributed by atoms with E-state index in [2.05, 4.69) is 10.6 Å². The molecule has 1 aliphatic rings. The molecule has 2 aromatic carbocycles. The third-order valence-corrected chi connectivity index (χ3v) is 4.52. The monoisotopic (exact) mass is 402 g/mol. The number of amides is 1. The van der Waals surface area contributed by atoms with Gasteiger partial charge in [0.15, 0.2) is 12.5 Å². The van der Waals surface area contributed by atoms with E-state index in [1.54, 1.807) is 12.1 Å². The fraction of sp³-hybridized carbons (Fsp3) is 0.238. The SMILES string of the molecule is CCC(NC(=O)C1=CC(F)NC1Oc1ccc(F)cc1)c1ccc(C(=O)O)cc1. The number of rotatable bonds is 7. The molecule has 6 nitrogen and oxygen atoms in total. The Bertz CT molecular complexity index is 913. The normalized spacial score (nSPS) is 19.3. The van der Waals surface area contributed by atoms with Crippen LogP contribution in [0.5, 0.6) is 5.75 Å². The molecule has 0 aliphatic carbocycles. The first kappa shape index (κ1) is 20.5. The van der Waals surface area contributed by atoms with Gasteiger partial charge >= 0.3 is 5.97 Å². The van der Waals surface area contributed by atoms with Crippen molar-refractivity contribution in [3.8, 4) is 5.75 Å². The lowest BCUT2D eigenvalue weighted by Gasteiger charge is -2.21. The number of halogens is 2. The van der Waals surface area contributed by atoms with Crippen LogP contribution >= 0.6 is 0 Å². The van der Waals surface area contributed by atoms with Gasteiger partial charge in [0.25, 0.3) is 5.91 Å².